The standard InChI is InChI=1S/C37H30N2.C37H28N2.C17H13BNO2.Pt/c2*1-25-21-26(2)37(27(3)22-25)31-19-20-38-36(24-31)30-14-9-13-29(23-30)32-15-7-8-16-33(32)35-18-10-17-34(39-35)28-11-5-4-6-12-28;20-18-21-17-10-2-1-8-15(17)13-6-5-7-14(12-13)16-9-3-4-11-19-16;/h4-24H,1-3H3;4-11,13-22,24H,1-3H3;1-12,20H;/q;-2;;+2. The smallest absolute Gasteiger partial charge is 0.537 e. The second-order valence-corrected chi connectivity index (χ2v) is 24.5. The largest absolute Gasteiger partial charge is 2.00 e. The van der Waals surface area contributed by atoms with Gasteiger partial charge in [-0.3, -0.25) is 19.9 Å². The predicted molar refractivity (Wildman–Crippen MR) is 408 cm³/mol. The van der Waals surface area contributed by atoms with Crippen LogP contribution in [0.15, 0.2) is 316 Å². The molecule has 1 N–H and O–H groups in total. The second kappa shape index (κ2) is 32.2. The molecule has 1 radical (unpaired) electrons. The van der Waals surface area contributed by atoms with Crippen LogP contribution in [-0.2, 0) is 21.1 Å². The minimum absolute atomic E-state index is 0. The molecule has 5 aromatic heterocycles. The van der Waals surface area contributed by atoms with E-state index in [-0.39, 0.29) is 21.1 Å². The maximum absolute atomic E-state index is 8.87. The van der Waals surface area contributed by atoms with E-state index >= 15 is 0 Å². The molecule has 0 aliphatic carbocycles. The molecular weight excluding hydrogens is 1400 g/mol. The van der Waals surface area contributed by atoms with Crippen molar-refractivity contribution < 1.29 is 30.7 Å². The summed E-state index contributed by atoms with van der Waals surface area (Å²) in [6.45, 7) is 13.0. The predicted octanol–water partition coefficient (Wildman–Crippen LogP) is 22.4. The van der Waals surface area contributed by atoms with Gasteiger partial charge >= 0.3 is 28.8 Å². The quantitative estimate of drug-likeness (QED) is 0.0856. The zero-order valence-corrected chi connectivity index (χ0v) is 58.8. The van der Waals surface area contributed by atoms with E-state index in [0.717, 1.165) is 112 Å². The topological polar surface area (TPSA) is 93.9 Å². The maximum Gasteiger partial charge on any atom is 2.00 e. The first kappa shape index (κ1) is 68.4. The molecule has 0 spiro atoms. The summed E-state index contributed by atoms with van der Waals surface area (Å²) in [6, 6.07) is 108. The van der Waals surface area contributed by atoms with Gasteiger partial charge in [0.2, 0.25) is 0 Å². The number of aryl methyl sites for hydroxylation is 6. The minimum atomic E-state index is 0. The zero-order valence-electron chi connectivity index (χ0n) is 56.5. The number of hydrogen-bond acceptors (Lipinski definition) is 7. The Hall–Kier alpha value is -11.5. The summed E-state index contributed by atoms with van der Waals surface area (Å²) < 4.78 is 5.15. The first-order chi connectivity index (χ1) is 48.5. The molecule has 100 heavy (non-hydrogen) atoms. The number of pyridine rings is 5. The van der Waals surface area contributed by atoms with E-state index in [4.69, 9.17) is 29.6 Å². The minimum Gasteiger partial charge on any atom is -0.537 e. The van der Waals surface area contributed by atoms with Crippen LogP contribution in [0.5, 0.6) is 5.75 Å². The van der Waals surface area contributed by atoms with Crippen LogP contribution in [0, 0.1) is 53.7 Å². The molecular formula is C91H71BN5O2Pt. The van der Waals surface area contributed by atoms with E-state index in [9.17, 15) is 0 Å². The SMILES string of the molecule is Cc1cc(C)c(-c2ccnc(-c3[c-]c(-c4ccccc4-c4cccc(-c5[c-]cccc5)n4)ccc3)c2)c(C)c1.Cc1cc(C)c(-c2ccnc(-c3cccc(-c4ccccc4-c4cccc(-c5ccccc5)n4)c3)c2)c(C)c1.O[B]Oc1ccccc1-c1cccc(-c2ccccn2)c1.[Pt+2]. The number of hydrogen-bond donors (Lipinski definition) is 1. The summed E-state index contributed by atoms with van der Waals surface area (Å²) in [5, 5.41) is 8.87. The number of aromatic nitrogens is 5. The molecule has 15 rings (SSSR count). The van der Waals surface area contributed by atoms with Gasteiger partial charge in [-0.05, 0) is 181 Å². The van der Waals surface area contributed by atoms with Gasteiger partial charge in [-0.15, -0.1) is 65.7 Å². The molecule has 0 saturated carbocycles. The van der Waals surface area contributed by atoms with Crippen LogP contribution in [0.3, 0.4) is 0 Å². The summed E-state index contributed by atoms with van der Waals surface area (Å²) in [5.41, 5.74) is 32.9. The van der Waals surface area contributed by atoms with Crippen LogP contribution >= 0.6 is 0 Å². The molecule has 0 fully saturated rings. The van der Waals surface area contributed by atoms with Crippen LogP contribution in [0.2, 0.25) is 0 Å². The van der Waals surface area contributed by atoms with Crippen LogP contribution in [0.4, 0.5) is 0 Å². The molecule has 9 heteroatoms. The van der Waals surface area contributed by atoms with E-state index in [0.29, 0.717) is 13.4 Å². The van der Waals surface area contributed by atoms with Crippen LogP contribution in [0.1, 0.15) is 33.4 Å². The van der Waals surface area contributed by atoms with Gasteiger partial charge in [-0.2, -0.15) is 0 Å². The molecule has 7 nitrogen and oxygen atoms in total. The third kappa shape index (κ3) is 16.0. The number of benzene rings is 10. The fraction of sp³-hybridized carbons (Fsp3) is 0.0659. The fourth-order valence-corrected chi connectivity index (χ4v) is 13.2. The summed E-state index contributed by atoms with van der Waals surface area (Å²) in [7, 11) is 0.696. The van der Waals surface area contributed by atoms with E-state index in [1.165, 1.54) is 55.6 Å². The monoisotopic (exact) mass is 1470 g/mol. The van der Waals surface area contributed by atoms with Crippen molar-refractivity contribution in [2.45, 2.75) is 41.5 Å². The molecule has 0 bridgehead atoms. The third-order valence-corrected chi connectivity index (χ3v) is 17.4. The van der Waals surface area contributed by atoms with Crippen LogP contribution < -0.4 is 4.65 Å². The average molecular weight is 1470 g/mol. The van der Waals surface area contributed by atoms with E-state index in [1.807, 2.05) is 122 Å². The average Bonchev–Trinajstić information content (AvgIpc) is 0.812. The molecule has 0 unspecified atom stereocenters. The van der Waals surface area contributed by atoms with Gasteiger partial charge in [-0.1, -0.05) is 210 Å². The van der Waals surface area contributed by atoms with Crippen molar-refractivity contribution in [3.05, 3.63) is 361 Å². The molecule has 15 aromatic rings. The Bertz CT molecular complexity index is 5010. The maximum atomic E-state index is 8.87. The van der Waals surface area contributed by atoms with Crippen molar-refractivity contribution in [3.8, 4) is 140 Å². The van der Waals surface area contributed by atoms with Crippen LogP contribution in [0.25, 0.3) is 134 Å². The van der Waals surface area contributed by atoms with Crippen LogP contribution in [-0.4, -0.2) is 37.6 Å². The Morgan fingerprint density at radius 3 is 1.36 bits per heavy atom. The van der Waals surface area contributed by atoms with E-state index < -0.39 is 0 Å². The summed E-state index contributed by atoms with van der Waals surface area (Å²) in [4.78, 5) is 23.9. The molecule has 0 saturated heterocycles. The second-order valence-electron chi connectivity index (χ2n) is 24.5. The van der Waals surface area contributed by atoms with Crippen molar-refractivity contribution >= 4 is 7.69 Å². The molecule has 485 valence electrons. The van der Waals surface area contributed by atoms with Gasteiger partial charge < -0.3 is 9.68 Å². The summed E-state index contributed by atoms with van der Waals surface area (Å²) in [5.74, 6) is 0.609. The number of para-hydroxylation sites is 1. The Morgan fingerprint density at radius 1 is 0.300 bits per heavy atom. The molecule has 0 aliphatic heterocycles. The van der Waals surface area contributed by atoms with Crippen molar-refractivity contribution in [1.29, 1.82) is 0 Å². The Morgan fingerprint density at radius 2 is 0.740 bits per heavy atom. The van der Waals surface area contributed by atoms with E-state index in [1.54, 1.807) is 6.20 Å². The molecule has 0 atom stereocenters. The Labute approximate surface area is 602 Å². The van der Waals surface area contributed by atoms with E-state index in [2.05, 4.69) is 247 Å². The Kier molecular flexibility index (Phi) is 22.0. The van der Waals surface area contributed by atoms with Gasteiger partial charge in [0.25, 0.3) is 0 Å². The Balaban J connectivity index is 0.000000148. The molecule has 0 aliphatic rings. The van der Waals surface area contributed by atoms with Gasteiger partial charge in [0, 0.05) is 52.1 Å². The fourth-order valence-electron chi connectivity index (χ4n) is 13.2. The van der Waals surface area contributed by atoms with Crippen molar-refractivity contribution in [2.75, 3.05) is 0 Å². The number of nitrogens with zero attached hydrogens (tertiary/aromatic N) is 5. The van der Waals surface area contributed by atoms with Gasteiger partial charge in [0.1, 0.15) is 5.75 Å². The van der Waals surface area contributed by atoms with Gasteiger partial charge in [-0.25, -0.2) is 4.98 Å². The molecule has 0 amide bonds. The van der Waals surface area contributed by atoms with Crippen molar-refractivity contribution in [3.63, 3.8) is 0 Å². The normalized spacial score (nSPS) is 10.7. The number of rotatable bonds is 14. The molecule has 5 heterocycles. The van der Waals surface area contributed by atoms with Gasteiger partial charge in [0.05, 0.1) is 28.5 Å². The van der Waals surface area contributed by atoms with Crippen molar-refractivity contribution in [1.82, 2.24) is 24.9 Å². The van der Waals surface area contributed by atoms with Crippen molar-refractivity contribution in [2.24, 2.45) is 0 Å². The first-order valence-corrected chi connectivity index (χ1v) is 33.1. The summed E-state index contributed by atoms with van der Waals surface area (Å²) in [6.07, 6.45) is 5.59. The summed E-state index contributed by atoms with van der Waals surface area (Å²) >= 11 is 0. The van der Waals surface area contributed by atoms with Gasteiger partial charge in [0.15, 0.2) is 0 Å². The third-order valence-electron chi connectivity index (χ3n) is 17.4. The zero-order chi connectivity index (χ0) is 68.0. The molecule has 10 aromatic carbocycles. The first-order valence-electron chi connectivity index (χ1n) is 33.1.